The van der Waals surface area contributed by atoms with Gasteiger partial charge in [-0.25, -0.2) is 38.9 Å². The lowest BCUT2D eigenvalue weighted by molar-refractivity contribution is -0.137. The molecule has 0 saturated carbocycles. The number of aromatic nitrogens is 8. The number of rotatable bonds is 11. The number of carbonyl (C=O) groups excluding carboxylic acids is 4. The second-order valence-corrected chi connectivity index (χ2v) is 21.0. The monoisotopic (exact) mass is 1180 g/mol. The number of aliphatic imine (C=N–C) groups is 1. The zero-order valence-corrected chi connectivity index (χ0v) is 48.3. The number of alkyl halides is 3. The Kier molecular flexibility index (Phi) is 20.2. The average Bonchev–Trinajstić information content (AvgIpc) is 4.18. The van der Waals surface area contributed by atoms with Crippen LogP contribution in [0, 0.1) is 34.6 Å². The summed E-state index contributed by atoms with van der Waals surface area (Å²) in [7, 11) is 0. The molecule has 0 unspecified atom stereocenters. The molecule has 0 spiro atoms. The van der Waals surface area contributed by atoms with Crippen LogP contribution in [0.15, 0.2) is 114 Å². The maximum atomic E-state index is 13.2. The van der Waals surface area contributed by atoms with Crippen LogP contribution in [-0.2, 0) is 20.4 Å². The first kappa shape index (κ1) is 62.6. The van der Waals surface area contributed by atoms with E-state index in [4.69, 9.17) is 38.4 Å². The lowest BCUT2D eigenvalue weighted by atomic mass is 10.2. The number of nitrogen functional groups attached to an aromatic ring is 1. The van der Waals surface area contributed by atoms with Crippen LogP contribution < -0.4 is 36.8 Å². The van der Waals surface area contributed by atoms with Crippen molar-refractivity contribution in [1.82, 2.24) is 40.3 Å². The Morgan fingerprint density at radius 1 is 0.602 bits per heavy atom. The first-order chi connectivity index (χ1) is 38.9. The Hall–Kier alpha value is -9.58. The molecular weight excluding hydrogens is 1120 g/mol. The number of hydrogen-bond acceptors (Lipinski definition) is 16. The molecule has 8 rings (SSSR count). The van der Waals surface area contributed by atoms with Gasteiger partial charge < -0.3 is 36.5 Å². The highest BCUT2D eigenvalue weighted by Gasteiger charge is 2.34. The number of nitrogens with zero attached hydrogens (tertiary/aromatic N) is 9. The molecule has 4 aromatic carbocycles. The smallest absolute Gasteiger partial charge is 0.422 e. The standard InChI is InChI=1S/C28H28ClF3N8O3.C20H25N7O2.C8H6ClNO/c1-15-6-7-18(35-25(41)34-17-8-9-20(29)19(13-17)28(30,31)32)14-21(15)36-24-33-11-10-22(37-24)40(23-12-16(2)38-39-23)26(42)43-27(3,4)5;1-12-6-7-14(21)11-15(12)23-18-22-9-8-16(24-18)27(17-10-13(2)25-26-17)19(28)29-20(3,4)5;1-6-4-7(10-5-11)2-3-8(6)9/h6-14H,1-5H3,(H,38,39)(H,33,36,37)(H2,34,35,41);6-11H,21H2,1-5H3,(H,25,26)(H,22,23,24);2-4H,1H3. The Morgan fingerprint density at radius 2 is 1.07 bits per heavy atom. The predicted octanol–water partition coefficient (Wildman–Crippen LogP) is 14.8. The number of isocyanates is 1. The van der Waals surface area contributed by atoms with E-state index in [-0.39, 0.29) is 23.3 Å². The number of nitrogens with two attached hydrogens (primary N) is 1. The Morgan fingerprint density at radius 3 is 1.53 bits per heavy atom. The summed E-state index contributed by atoms with van der Waals surface area (Å²) in [6, 6.07) is 24.4. The number of nitrogens with one attached hydrogen (secondary N) is 6. The van der Waals surface area contributed by atoms with Crippen LogP contribution >= 0.6 is 23.2 Å². The van der Waals surface area contributed by atoms with Crippen molar-refractivity contribution in [2.75, 3.05) is 36.8 Å². The molecule has 0 saturated heterocycles. The van der Waals surface area contributed by atoms with E-state index in [0.29, 0.717) is 45.4 Å². The number of urea groups is 1. The molecule has 0 aliphatic heterocycles. The molecular formula is C56H59Cl2F3N16O6. The number of amides is 4. The topological polar surface area (TPSA) is 289 Å². The normalized spacial score (nSPS) is 11.1. The van der Waals surface area contributed by atoms with Gasteiger partial charge in [0.25, 0.3) is 0 Å². The zero-order chi connectivity index (χ0) is 61.0. The molecule has 0 aliphatic carbocycles. The van der Waals surface area contributed by atoms with E-state index >= 15 is 0 Å². The number of carbonyl (C=O) groups is 3. The van der Waals surface area contributed by atoms with Gasteiger partial charge in [-0.15, -0.1) is 0 Å². The molecule has 0 fully saturated rings. The number of halogens is 5. The van der Waals surface area contributed by atoms with E-state index in [1.54, 1.807) is 115 Å². The SMILES string of the molecule is Cc1cc(N(C(=O)OC(C)(C)C)c2ccnc(Nc3cc(N)ccc3C)n2)n[nH]1.Cc1cc(N(C(=O)OC(C)(C)C)c2ccnc(Nc3cc(NC(=O)Nc4ccc(Cl)c(C(F)(F)F)c4)ccc3C)n2)n[nH]1.Cc1cc(N=C=O)ccc1Cl. The van der Waals surface area contributed by atoms with Crippen molar-refractivity contribution >= 4 is 117 Å². The van der Waals surface area contributed by atoms with Crippen molar-refractivity contribution in [2.45, 2.75) is 93.5 Å². The minimum Gasteiger partial charge on any atom is -0.443 e. The van der Waals surface area contributed by atoms with Gasteiger partial charge >= 0.3 is 24.4 Å². The molecule has 83 heavy (non-hydrogen) atoms. The lowest BCUT2D eigenvalue weighted by Crippen LogP contribution is -2.34. The summed E-state index contributed by atoms with van der Waals surface area (Å²) >= 11 is 11.4. The molecule has 8 aromatic rings. The van der Waals surface area contributed by atoms with Gasteiger partial charge in [0, 0.05) is 81.5 Å². The second kappa shape index (κ2) is 26.8. The fourth-order valence-electron chi connectivity index (χ4n) is 7.04. The minimum absolute atomic E-state index is 0.0912. The van der Waals surface area contributed by atoms with Gasteiger partial charge in [-0.1, -0.05) is 35.3 Å². The fourth-order valence-corrected chi connectivity index (χ4v) is 7.38. The largest absolute Gasteiger partial charge is 0.443 e. The van der Waals surface area contributed by atoms with Crippen LogP contribution in [0.25, 0.3) is 0 Å². The van der Waals surface area contributed by atoms with E-state index in [1.807, 2.05) is 39.8 Å². The molecule has 0 aliphatic rings. The number of aromatic amines is 2. The highest BCUT2D eigenvalue weighted by atomic mass is 35.5. The lowest BCUT2D eigenvalue weighted by Gasteiger charge is -2.25. The molecule has 22 nitrogen and oxygen atoms in total. The van der Waals surface area contributed by atoms with Gasteiger partial charge in [0.05, 0.1) is 16.3 Å². The third-order valence-electron chi connectivity index (χ3n) is 10.8. The van der Waals surface area contributed by atoms with Gasteiger partial charge in [-0.2, -0.15) is 38.3 Å². The van der Waals surface area contributed by atoms with Gasteiger partial charge in [0.1, 0.15) is 22.8 Å². The first-order valence-electron chi connectivity index (χ1n) is 25.0. The highest BCUT2D eigenvalue weighted by Crippen LogP contribution is 2.37. The summed E-state index contributed by atoms with van der Waals surface area (Å²) in [5.41, 5.74) is 10.3. The summed E-state index contributed by atoms with van der Waals surface area (Å²) in [6.07, 6.45) is -1.49. The van der Waals surface area contributed by atoms with Crippen LogP contribution in [0.1, 0.15) is 75.2 Å². The van der Waals surface area contributed by atoms with E-state index in [1.165, 1.54) is 34.2 Å². The summed E-state index contributed by atoms with van der Waals surface area (Å²) in [5.74, 6) is 1.60. The third kappa shape index (κ3) is 18.5. The van der Waals surface area contributed by atoms with Crippen molar-refractivity contribution < 1.29 is 41.8 Å². The molecule has 0 radical (unpaired) electrons. The number of benzene rings is 4. The van der Waals surface area contributed by atoms with Crippen molar-refractivity contribution in [3.8, 4) is 0 Å². The van der Waals surface area contributed by atoms with Crippen LogP contribution in [0.2, 0.25) is 10.0 Å². The van der Waals surface area contributed by atoms with E-state index < -0.39 is 46.2 Å². The highest BCUT2D eigenvalue weighted by molar-refractivity contribution is 6.31. The maximum absolute atomic E-state index is 13.2. The quantitative estimate of drug-likeness (QED) is 0.0360. The van der Waals surface area contributed by atoms with Crippen LogP contribution in [0.3, 0.4) is 0 Å². The number of ether oxygens (including phenoxy) is 2. The number of hydrogen-bond donors (Lipinski definition) is 7. The molecule has 27 heteroatoms. The number of H-pyrrole nitrogens is 2. The number of aryl methyl sites for hydroxylation is 5. The second-order valence-electron chi connectivity index (χ2n) is 20.2. The maximum Gasteiger partial charge on any atom is 0.422 e. The van der Waals surface area contributed by atoms with Crippen LogP contribution in [-0.4, -0.2) is 75.8 Å². The van der Waals surface area contributed by atoms with Gasteiger partial charge in [-0.05, 0) is 154 Å². The molecule has 4 heterocycles. The summed E-state index contributed by atoms with van der Waals surface area (Å²) < 4.78 is 50.6. The summed E-state index contributed by atoms with van der Waals surface area (Å²) in [4.78, 5) is 71.8. The van der Waals surface area contributed by atoms with Gasteiger partial charge in [-0.3, -0.25) is 10.2 Å². The van der Waals surface area contributed by atoms with Crippen LogP contribution in [0.5, 0.6) is 0 Å². The molecule has 8 N–H and O–H groups in total. The first-order valence-corrected chi connectivity index (χ1v) is 25.8. The Labute approximate surface area is 485 Å². The van der Waals surface area contributed by atoms with Crippen molar-refractivity contribution in [2.24, 2.45) is 4.99 Å². The molecule has 434 valence electrons. The van der Waals surface area contributed by atoms with Crippen molar-refractivity contribution in [3.05, 3.63) is 153 Å². The van der Waals surface area contributed by atoms with Crippen molar-refractivity contribution in [3.63, 3.8) is 0 Å². The zero-order valence-electron chi connectivity index (χ0n) is 46.8. The van der Waals surface area contributed by atoms with Gasteiger partial charge in [0.2, 0.25) is 18.0 Å². The summed E-state index contributed by atoms with van der Waals surface area (Å²) in [6.45, 7) is 19.9. The van der Waals surface area contributed by atoms with Gasteiger partial charge in [0.15, 0.2) is 11.6 Å². The molecule has 0 bridgehead atoms. The fraction of sp³-hybridized carbons (Fsp3) is 0.250. The number of anilines is 11. The van der Waals surface area contributed by atoms with E-state index in [9.17, 15) is 32.3 Å². The van der Waals surface area contributed by atoms with E-state index in [2.05, 4.69) is 66.6 Å². The van der Waals surface area contributed by atoms with Crippen LogP contribution in [0.4, 0.5) is 96.8 Å². The third-order valence-corrected chi connectivity index (χ3v) is 11.6. The molecule has 4 aromatic heterocycles. The summed E-state index contributed by atoms with van der Waals surface area (Å²) in [5, 5.41) is 25.3. The Bertz CT molecular complexity index is 3670. The van der Waals surface area contributed by atoms with Crippen molar-refractivity contribution in [1.29, 1.82) is 0 Å². The van der Waals surface area contributed by atoms with E-state index in [0.717, 1.165) is 45.9 Å². The minimum atomic E-state index is -4.68. The molecule has 0 atom stereocenters. The average molecular weight is 1180 g/mol. The molecule has 4 amide bonds. The predicted molar refractivity (Wildman–Crippen MR) is 314 cm³/mol. The Balaban J connectivity index is 0.000000236.